The minimum absolute atomic E-state index is 0.00307. The van der Waals surface area contributed by atoms with Crippen LogP contribution in [0.15, 0.2) is 22.8 Å². The number of aromatic nitrogens is 1. The van der Waals surface area contributed by atoms with E-state index in [4.69, 9.17) is 5.11 Å². The summed E-state index contributed by atoms with van der Waals surface area (Å²) >= 11 is 4.73. The van der Waals surface area contributed by atoms with Gasteiger partial charge >= 0.3 is 5.97 Å². The largest absolute Gasteiger partial charge is 0.481 e. The molecule has 3 nitrogen and oxygen atoms in total. The average molecular weight is 326 g/mol. The quantitative estimate of drug-likeness (QED) is 0.933. The molecule has 0 aliphatic heterocycles. The Bertz CT molecular complexity index is 607. The number of aryl methyl sites for hydroxylation is 2. The van der Waals surface area contributed by atoms with Crippen LogP contribution in [0.5, 0.6) is 0 Å². The molecule has 0 fully saturated rings. The Kier molecular flexibility index (Phi) is 3.82. The molecule has 0 aliphatic rings. The van der Waals surface area contributed by atoms with Gasteiger partial charge in [0.05, 0.1) is 11.3 Å². The fourth-order valence-electron chi connectivity index (χ4n) is 1.58. The zero-order chi connectivity index (χ0) is 13.3. The Morgan fingerprint density at radius 2 is 2.11 bits per heavy atom. The van der Waals surface area contributed by atoms with Gasteiger partial charge in [-0.05, 0) is 47.0 Å². The zero-order valence-electron chi connectivity index (χ0n) is 10.0. The maximum atomic E-state index is 10.7. The van der Waals surface area contributed by atoms with Crippen molar-refractivity contribution in [2.24, 2.45) is 0 Å². The number of rotatable bonds is 3. The molecule has 0 atom stereocenters. The smallest absolute Gasteiger partial charge is 0.308 e. The number of benzene rings is 1. The molecule has 0 amide bonds. The van der Waals surface area contributed by atoms with Crippen LogP contribution in [-0.4, -0.2) is 16.1 Å². The van der Waals surface area contributed by atoms with Gasteiger partial charge in [-0.1, -0.05) is 12.1 Å². The highest BCUT2D eigenvalue weighted by Crippen LogP contribution is 2.32. The van der Waals surface area contributed by atoms with Gasteiger partial charge in [-0.25, -0.2) is 4.98 Å². The van der Waals surface area contributed by atoms with Crippen LogP contribution >= 0.6 is 27.3 Å². The van der Waals surface area contributed by atoms with Crippen molar-refractivity contribution in [3.05, 3.63) is 38.8 Å². The summed E-state index contributed by atoms with van der Waals surface area (Å²) in [5.41, 5.74) is 3.47. The van der Waals surface area contributed by atoms with E-state index in [1.54, 1.807) is 0 Å². The summed E-state index contributed by atoms with van der Waals surface area (Å²) in [6.45, 7) is 4.12. The van der Waals surface area contributed by atoms with Crippen LogP contribution in [0.2, 0.25) is 0 Å². The first-order valence-corrected chi connectivity index (χ1v) is 7.03. The SMILES string of the molecule is Cc1ccc(-c2nc(Br)c(CC(=O)O)s2)cc1C. The molecule has 2 aromatic rings. The summed E-state index contributed by atoms with van der Waals surface area (Å²) in [6.07, 6.45) is 0.00307. The lowest BCUT2D eigenvalue weighted by Gasteiger charge is -2.01. The molecule has 0 aliphatic carbocycles. The molecule has 0 spiro atoms. The summed E-state index contributed by atoms with van der Waals surface area (Å²) < 4.78 is 0.628. The number of carboxylic acids is 1. The Hall–Kier alpha value is -1.20. The number of thiazole rings is 1. The van der Waals surface area contributed by atoms with E-state index in [1.807, 2.05) is 6.07 Å². The molecule has 1 aromatic heterocycles. The highest BCUT2D eigenvalue weighted by atomic mass is 79.9. The monoisotopic (exact) mass is 325 g/mol. The second kappa shape index (κ2) is 5.20. The van der Waals surface area contributed by atoms with Gasteiger partial charge in [0.25, 0.3) is 0 Å². The van der Waals surface area contributed by atoms with E-state index in [1.165, 1.54) is 22.5 Å². The molecule has 1 aromatic carbocycles. The predicted octanol–water partition coefficient (Wildman–Crippen LogP) is 3.82. The number of nitrogens with zero attached hydrogens (tertiary/aromatic N) is 1. The van der Waals surface area contributed by atoms with Crippen LogP contribution in [0.25, 0.3) is 10.6 Å². The lowest BCUT2D eigenvalue weighted by Crippen LogP contribution is -1.98. The molecule has 0 saturated heterocycles. The number of carboxylic acid groups (broad SMARTS) is 1. The molecule has 2 rings (SSSR count). The summed E-state index contributed by atoms with van der Waals surface area (Å²) in [4.78, 5) is 15.8. The third-order valence-corrected chi connectivity index (χ3v) is 4.74. The van der Waals surface area contributed by atoms with Crippen LogP contribution in [0, 0.1) is 13.8 Å². The van der Waals surface area contributed by atoms with Gasteiger partial charge in [-0.15, -0.1) is 11.3 Å². The lowest BCUT2D eigenvalue weighted by atomic mass is 10.1. The molecular weight excluding hydrogens is 314 g/mol. The highest BCUT2D eigenvalue weighted by Gasteiger charge is 2.13. The van der Waals surface area contributed by atoms with Crippen molar-refractivity contribution in [2.45, 2.75) is 20.3 Å². The Morgan fingerprint density at radius 1 is 1.39 bits per heavy atom. The van der Waals surface area contributed by atoms with E-state index >= 15 is 0 Å². The van der Waals surface area contributed by atoms with Crippen LogP contribution in [0.1, 0.15) is 16.0 Å². The fourth-order valence-corrected chi connectivity index (χ4v) is 3.20. The third kappa shape index (κ3) is 2.79. The van der Waals surface area contributed by atoms with E-state index in [0.29, 0.717) is 4.60 Å². The maximum absolute atomic E-state index is 10.7. The van der Waals surface area contributed by atoms with Crippen molar-refractivity contribution in [1.82, 2.24) is 4.98 Å². The second-order valence-corrected chi connectivity index (χ2v) is 5.94. The van der Waals surface area contributed by atoms with Crippen LogP contribution in [-0.2, 0) is 11.2 Å². The van der Waals surface area contributed by atoms with Gasteiger partial charge in [-0.3, -0.25) is 4.79 Å². The molecule has 0 unspecified atom stereocenters. The van der Waals surface area contributed by atoms with Gasteiger partial charge < -0.3 is 5.11 Å². The Labute approximate surface area is 118 Å². The van der Waals surface area contributed by atoms with E-state index in [2.05, 4.69) is 46.9 Å². The summed E-state index contributed by atoms with van der Waals surface area (Å²) in [5.74, 6) is -0.842. The summed E-state index contributed by atoms with van der Waals surface area (Å²) in [6, 6.07) is 6.14. The van der Waals surface area contributed by atoms with E-state index in [-0.39, 0.29) is 6.42 Å². The molecule has 0 bridgehead atoms. The van der Waals surface area contributed by atoms with Crippen molar-refractivity contribution in [2.75, 3.05) is 0 Å². The molecule has 1 N–H and O–H groups in total. The number of hydrogen-bond donors (Lipinski definition) is 1. The Balaban J connectivity index is 2.39. The zero-order valence-corrected chi connectivity index (χ0v) is 12.4. The van der Waals surface area contributed by atoms with E-state index < -0.39 is 5.97 Å². The van der Waals surface area contributed by atoms with Crippen LogP contribution in [0.4, 0.5) is 0 Å². The number of halogens is 1. The lowest BCUT2D eigenvalue weighted by molar-refractivity contribution is -0.136. The Morgan fingerprint density at radius 3 is 2.72 bits per heavy atom. The van der Waals surface area contributed by atoms with E-state index in [9.17, 15) is 4.79 Å². The van der Waals surface area contributed by atoms with Crippen molar-refractivity contribution in [3.8, 4) is 10.6 Å². The van der Waals surface area contributed by atoms with Crippen molar-refractivity contribution >= 4 is 33.2 Å². The second-order valence-electron chi connectivity index (χ2n) is 4.10. The number of aliphatic carboxylic acids is 1. The molecule has 0 radical (unpaired) electrons. The molecular formula is C13H12BrNO2S. The van der Waals surface area contributed by atoms with Gasteiger partial charge in [0, 0.05) is 5.56 Å². The number of hydrogen-bond acceptors (Lipinski definition) is 3. The molecule has 5 heteroatoms. The van der Waals surface area contributed by atoms with Gasteiger partial charge in [0.15, 0.2) is 0 Å². The predicted molar refractivity (Wildman–Crippen MR) is 76.1 cm³/mol. The van der Waals surface area contributed by atoms with Crippen molar-refractivity contribution in [3.63, 3.8) is 0 Å². The van der Waals surface area contributed by atoms with E-state index in [0.717, 1.165) is 15.4 Å². The molecule has 18 heavy (non-hydrogen) atoms. The fraction of sp³-hybridized carbons (Fsp3) is 0.231. The third-order valence-electron chi connectivity index (χ3n) is 2.72. The first-order chi connectivity index (χ1) is 8.47. The standard InChI is InChI=1S/C13H12BrNO2S/c1-7-3-4-9(5-8(7)2)13-15-12(14)10(18-13)6-11(16)17/h3-5H,6H2,1-2H3,(H,16,17). The van der Waals surface area contributed by atoms with Gasteiger partial charge in [-0.2, -0.15) is 0 Å². The number of carbonyl (C=O) groups is 1. The summed E-state index contributed by atoms with van der Waals surface area (Å²) in [7, 11) is 0. The minimum atomic E-state index is -0.842. The normalized spacial score (nSPS) is 10.6. The minimum Gasteiger partial charge on any atom is -0.481 e. The topological polar surface area (TPSA) is 50.2 Å². The van der Waals surface area contributed by atoms with Crippen LogP contribution in [0.3, 0.4) is 0 Å². The molecule has 0 saturated carbocycles. The highest BCUT2D eigenvalue weighted by molar-refractivity contribution is 9.10. The summed E-state index contributed by atoms with van der Waals surface area (Å²) in [5, 5.41) is 9.66. The molecule has 94 valence electrons. The van der Waals surface area contributed by atoms with Crippen molar-refractivity contribution in [1.29, 1.82) is 0 Å². The van der Waals surface area contributed by atoms with Crippen molar-refractivity contribution < 1.29 is 9.90 Å². The van der Waals surface area contributed by atoms with Gasteiger partial charge in [0.1, 0.15) is 9.61 Å². The first-order valence-electron chi connectivity index (χ1n) is 5.42. The average Bonchev–Trinajstić information content (AvgIpc) is 2.63. The van der Waals surface area contributed by atoms with Gasteiger partial charge in [0.2, 0.25) is 0 Å². The van der Waals surface area contributed by atoms with Crippen LogP contribution < -0.4 is 0 Å². The first kappa shape index (κ1) is 13.2. The molecule has 1 heterocycles. The maximum Gasteiger partial charge on any atom is 0.308 e.